The lowest BCUT2D eigenvalue weighted by molar-refractivity contribution is 0.602. The third kappa shape index (κ3) is 4.50. The average Bonchev–Trinajstić information content (AvgIpc) is 2.77. The van der Waals surface area contributed by atoms with Crippen molar-refractivity contribution in [2.45, 2.75) is 11.3 Å². The first-order chi connectivity index (χ1) is 15.2. The normalized spacial score (nSPS) is 11.5. The van der Waals surface area contributed by atoms with E-state index in [9.17, 15) is 22.0 Å². The molecule has 0 amide bonds. The largest absolute Gasteiger partial charge is 0.275 e. The van der Waals surface area contributed by atoms with Gasteiger partial charge in [-0.15, -0.1) is 0 Å². The zero-order chi connectivity index (χ0) is 22.9. The lowest BCUT2D eigenvalue weighted by Crippen LogP contribution is -2.25. The van der Waals surface area contributed by atoms with Crippen molar-refractivity contribution in [1.29, 1.82) is 0 Å². The number of nitrogens with zero attached hydrogens (tertiary/aromatic N) is 2. The Morgan fingerprint density at radius 2 is 1.41 bits per heavy atom. The number of hydrogen-bond donors (Lipinski definition) is 0. The molecule has 3 aromatic carbocycles. The van der Waals surface area contributed by atoms with Crippen LogP contribution in [0.1, 0.15) is 11.1 Å². The van der Waals surface area contributed by atoms with Crippen molar-refractivity contribution in [3.05, 3.63) is 112 Å². The predicted octanol–water partition coefficient (Wildman–Crippen LogP) is 4.17. The van der Waals surface area contributed by atoms with Gasteiger partial charge in [-0.05, 0) is 59.7 Å². The van der Waals surface area contributed by atoms with Gasteiger partial charge in [0.25, 0.3) is 5.56 Å². The number of aromatic nitrogens is 2. The molecule has 0 aliphatic carbocycles. The smallest absolute Gasteiger partial charge is 0.267 e. The fourth-order valence-electron chi connectivity index (χ4n) is 3.36. The van der Waals surface area contributed by atoms with E-state index in [-0.39, 0.29) is 17.1 Å². The van der Waals surface area contributed by atoms with Crippen molar-refractivity contribution in [3.63, 3.8) is 0 Å². The van der Waals surface area contributed by atoms with E-state index < -0.39 is 21.2 Å². The van der Waals surface area contributed by atoms with Gasteiger partial charge in [0.2, 0.25) is 0 Å². The van der Waals surface area contributed by atoms with E-state index in [1.807, 2.05) is 0 Å². The molecule has 0 saturated heterocycles. The Hall–Kier alpha value is -3.65. The fourth-order valence-corrected chi connectivity index (χ4v) is 3.99. The highest BCUT2D eigenvalue weighted by Gasteiger charge is 2.16. The number of halogens is 2. The van der Waals surface area contributed by atoms with Crippen LogP contribution >= 0.6 is 0 Å². The standard InChI is InChI=1S/C24H18F2N2O3S/c1-32(30,31)21-12-4-17(5-13-21)23-15-27-28(20-10-8-19(26)9-11-20)24(29)22(23)14-16-2-6-18(25)7-3-16/h2-13,15H,14H2,1H3. The molecule has 0 unspecified atom stereocenters. The van der Waals surface area contributed by atoms with Crippen LogP contribution in [-0.2, 0) is 16.3 Å². The molecular weight excluding hydrogens is 434 g/mol. The van der Waals surface area contributed by atoms with Crippen LogP contribution in [0.25, 0.3) is 16.8 Å². The summed E-state index contributed by atoms with van der Waals surface area (Å²) in [5.41, 5.74) is 2.24. The summed E-state index contributed by atoms with van der Waals surface area (Å²) in [6, 6.07) is 17.4. The highest BCUT2D eigenvalue weighted by molar-refractivity contribution is 7.90. The minimum absolute atomic E-state index is 0.161. The van der Waals surface area contributed by atoms with E-state index in [1.165, 1.54) is 59.4 Å². The van der Waals surface area contributed by atoms with Gasteiger partial charge in [0.05, 0.1) is 16.8 Å². The molecule has 0 fully saturated rings. The van der Waals surface area contributed by atoms with E-state index >= 15 is 0 Å². The molecule has 0 radical (unpaired) electrons. The van der Waals surface area contributed by atoms with Gasteiger partial charge in [0.15, 0.2) is 9.84 Å². The monoisotopic (exact) mass is 452 g/mol. The minimum Gasteiger partial charge on any atom is -0.267 e. The summed E-state index contributed by atoms with van der Waals surface area (Å²) >= 11 is 0. The third-order valence-electron chi connectivity index (χ3n) is 5.04. The summed E-state index contributed by atoms with van der Waals surface area (Å²) in [6.45, 7) is 0. The summed E-state index contributed by atoms with van der Waals surface area (Å²) < 4.78 is 51.4. The Bertz CT molecular complexity index is 1430. The zero-order valence-corrected chi connectivity index (χ0v) is 17.8. The van der Waals surface area contributed by atoms with Gasteiger partial charge in [-0.2, -0.15) is 9.78 Å². The Balaban J connectivity index is 1.87. The molecule has 0 atom stereocenters. The first-order valence-electron chi connectivity index (χ1n) is 9.64. The highest BCUT2D eigenvalue weighted by Crippen LogP contribution is 2.25. The molecule has 0 aliphatic rings. The van der Waals surface area contributed by atoms with E-state index in [1.54, 1.807) is 24.3 Å². The quantitative estimate of drug-likeness (QED) is 0.456. The Morgan fingerprint density at radius 3 is 1.97 bits per heavy atom. The van der Waals surface area contributed by atoms with Crippen molar-refractivity contribution in [1.82, 2.24) is 9.78 Å². The molecule has 0 aliphatic heterocycles. The lowest BCUT2D eigenvalue weighted by atomic mass is 9.97. The molecule has 0 N–H and O–H groups in total. The van der Waals surface area contributed by atoms with E-state index in [2.05, 4.69) is 5.10 Å². The maximum atomic E-state index is 13.4. The predicted molar refractivity (Wildman–Crippen MR) is 118 cm³/mol. The molecule has 162 valence electrons. The van der Waals surface area contributed by atoms with E-state index in [0.29, 0.717) is 22.4 Å². The number of rotatable bonds is 5. The lowest BCUT2D eigenvalue weighted by Gasteiger charge is -2.13. The molecule has 5 nitrogen and oxygen atoms in total. The topological polar surface area (TPSA) is 69.0 Å². The van der Waals surface area contributed by atoms with Gasteiger partial charge in [-0.1, -0.05) is 24.3 Å². The molecule has 1 aromatic heterocycles. The van der Waals surface area contributed by atoms with Crippen LogP contribution in [0.4, 0.5) is 8.78 Å². The fraction of sp³-hybridized carbons (Fsp3) is 0.0833. The van der Waals surface area contributed by atoms with E-state index in [0.717, 1.165) is 11.8 Å². The van der Waals surface area contributed by atoms with Crippen LogP contribution in [0.5, 0.6) is 0 Å². The Kier molecular flexibility index (Phi) is 5.71. The van der Waals surface area contributed by atoms with Crippen LogP contribution in [0.3, 0.4) is 0 Å². The van der Waals surface area contributed by atoms with Gasteiger partial charge in [0, 0.05) is 23.8 Å². The van der Waals surface area contributed by atoms with Crippen LogP contribution in [0.15, 0.2) is 88.7 Å². The molecule has 32 heavy (non-hydrogen) atoms. The maximum absolute atomic E-state index is 13.4. The second-order valence-corrected chi connectivity index (χ2v) is 9.35. The summed E-state index contributed by atoms with van der Waals surface area (Å²) in [5.74, 6) is -0.820. The van der Waals surface area contributed by atoms with Crippen molar-refractivity contribution >= 4 is 9.84 Å². The average molecular weight is 452 g/mol. The highest BCUT2D eigenvalue weighted by atomic mass is 32.2. The minimum atomic E-state index is -3.37. The molecule has 4 aromatic rings. The summed E-state index contributed by atoms with van der Waals surface area (Å²) in [7, 11) is -3.37. The first kappa shape index (κ1) is 21.6. The molecule has 0 spiro atoms. The third-order valence-corrected chi connectivity index (χ3v) is 6.17. The van der Waals surface area contributed by atoms with Crippen LogP contribution < -0.4 is 5.56 Å². The van der Waals surface area contributed by atoms with Crippen molar-refractivity contribution < 1.29 is 17.2 Å². The summed E-state index contributed by atoms with van der Waals surface area (Å²) in [5, 5.41) is 4.25. The zero-order valence-electron chi connectivity index (χ0n) is 17.0. The molecule has 0 saturated carbocycles. The Morgan fingerprint density at radius 1 is 0.844 bits per heavy atom. The van der Waals surface area contributed by atoms with Crippen molar-refractivity contribution in [2.24, 2.45) is 0 Å². The van der Waals surface area contributed by atoms with Gasteiger partial charge in [0.1, 0.15) is 11.6 Å². The van der Waals surface area contributed by atoms with Crippen LogP contribution in [0.2, 0.25) is 0 Å². The van der Waals surface area contributed by atoms with Crippen molar-refractivity contribution in [2.75, 3.05) is 6.26 Å². The molecular formula is C24H18F2N2O3S. The van der Waals surface area contributed by atoms with Gasteiger partial charge in [-0.3, -0.25) is 4.79 Å². The SMILES string of the molecule is CS(=O)(=O)c1ccc(-c2cnn(-c3ccc(F)cc3)c(=O)c2Cc2ccc(F)cc2)cc1. The maximum Gasteiger partial charge on any atom is 0.275 e. The molecule has 4 rings (SSSR count). The van der Waals surface area contributed by atoms with E-state index in [4.69, 9.17) is 0 Å². The molecule has 0 bridgehead atoms. The molecule has 1 heterocycles. The van der Waals surface area contributed by atoms with Gasteiger partial charge >= 0.3 is 0 Å². The van der Waals surface area contributed by atoms with Gasteiger partial charge in [-0.25, -0.2) is 17.2 Å². The second-order valence-electron chi connectivity index (χ2n) is 7.33. The summed E-state index contributed by atoms with van der Waals surface area (Å²) in [4.78, 5) is 13.5. The summed E-state index contributed by atoms with van der Waals surface area (Å²) in [6.07, 6.45) is 2.83. The Labute approximate surface area is 183 Å². The van der Waals surface area contributed by atoms with Crippen LogP contribution in [-0.4, -0.2) is 24.5 Å². The number of sulfone groups is 1. The van der Waals surface area contributed by atoms with Crippen LogP contribution in [0, 0.1) is 11.6 Å². The molecule has 8 heteroatoms. The van der Waals surface area contributed by atoms with Crippen molar-refractivity contribution in [3.8, 4) is 16.8 Å². The first-order valence-corrected chi connectivity index (χ1v) is 11.5. The van der Waals surface area contributed by atoms with Gasteiger partial charge < -0.3 is 0 Å². The number of hydrogen-bond acceptors (Lipinski definition) is 4. The second kappa shape index (κ2) is 8.47. The number of benzene rings is 3.